The van der Waals surface area contributed by atoms with Gasteiger partial charge in [-0.1, -0.05) is 6.07 Å². The molecule has 0 unspecified atom stereocenters. The minimum atomic E-state index is -3.65. The van der Waals surface area contributed by atoms with Gasteiger partial charge in [-0.3, -0.25) is 19.1 Å². The van der Waals surface area contributed by atoms with E-state index in [1.807, 2.05) is 0 Å². The number of hydrogen-bond donors (Lipinski definition) is 4. The third kappa shape index (κ3) is 7.37. The highest BCUT2D eigenvalue weighted by Crippen LogP contribution is 2.21. The number of halogens is 1. The van der Waals surface area contributed by atoms with Crippen molar-refractivity contribution in [2.24, 2.45) is 0 Å². The summed E-state index contributed by atoms with van der Waals surface area (Å²) in [5.41, 5.74) is 0.907. The fourth-order valence-electron chi connectivity index (χ4n) is 2.59. The van der Waals surface area contributed by atoms with Crippen molar-refractivity contribution in [1.82, 2.24) is 10.6 Å². The number of rotatable bonds is 8. The molecule has 0 aliphatic heterocycles. The number of benzene rings is 2. The van der Waals surface area contributed by atoms with E-state index in [2.05, 4.69) is 20.7 Å². The summed E-state index contributed by atoms with van der Waals surface area (Å²) < 4.78 is 39.0. The van der Waals surface area contributed by atoms with Crippen LogP contribution in [0.15, 0.2) is 36.4 Å². The summed E-state index contributed by atoms with van der Waals surface area (Å²) in [5.74, 6) is -1.97. The van der Waals surface area contributed by atoms with Crippen molar-refractivity contribution >= 4 is 39.1 Å². The first-order valence-electron chi connectivity index (χ1n) is 9.18. The molecule has 31 heavy (non-hydrogen) atoms. The Morgan fingerprint density at radius 2 is 1.61 bits per heavy atom. The zero-order valence-corrected chi connectivity index (χ0v) is 18.0. The Morgan fingerprint density at radius 1 is 0.968 bits per heavy atom. The van der Waals surface area contributed by atoms with E-state index in [-0.39, 0.29) is 35.8 Å². The van der Waals surface area contributed by atoms with Crippen LogP contribution in [-0.4, -0.2) is 45.5 Å². The number of amides is 3. The molecule has 0 atom stereocenters. The molecule has 11 heteroatoms. The Kier molecular flexibility index (Phi) is 7.70. The molecular weight excluding hydrogens is 427 g/mol. The topological polar surface area (TPSA) is 133 Å². The second kappa shape index (κ2) is 10.0. The average Bonchev–Trinajstić information content (AvgIpc) is 2.66. The molecule has 166 valence electrons. The van der Waals surface area contributed by atoms with Crippen LogP contribution in [0.4, 0.5) is 15.8 Å². The van der Waals surface area contributed by atoms with Crippen molar-refractivity contribution < 1.29 is 27.2 Å². The summed E-state index contributed by atoms with van der Waals surface area (Å²) in [5, 5.41) is 7.63. The number of anilines is 2. The third-order valence-electron chi connectivity index (χ3n) is 4.01. The highest BCUT2D eigenvalue weighted by molar-refractivity contribution is 7.92. The lowest BCUT2D eigenvalue weighted by Gasteiger charge is -2.13. The molecule has 0 bridgehead atoms. The lowest BCUT2D eigenvalue weighted by molar-refractivity contribution is -0.114. The summed E-state index contributed by atoms with van der Waals surface area (Å²) in [6.07, 6.45) is 0.944. The Balaban J connectivity index is 2.03. The SMILES string of the molecule is CC(=O)Nc1ccc(NS(C)(=O)=O)c(C(=O)NCCNC(=O)c2ccc(C)c(F)c2)c1. The molecule has 0 aromatic heterocycles. The van der Waals surface area contributed by atoms with Crippen LogP contribution in [0.1, 0.15) is 33.2 Å². The van der Waals surface area contributed by atoms with Crippen LogP contribution in [0, 0.1) is 12.7 Å². The van der Waals surface area contributed by atoms with Gasteiger partial charge < -0.3 is 16.0 Å². The number of nitrogens with one attached hydrogen (secondary N) is 4. The molecule has 0 saturated heterocycles. The summed E-state index contributed by atoms with van der Waals surface area (Å²) >= 11 is 0. The number of carbonyl (C=O) groups excluding carboxylic acids is 3. The summed E-state index contributed by atoms with van der Waals surface area (Å²) in [6.45, 7) is 2.97. The van der Waals surface area contributed by atoms with Gasteiger partial charge in [-0.15, -0.1) is 0 Å². The van der Waals surface area contributed by atoms with E-state index in [0.717, 1.165) is 12.3 Å². The molecule has 2 rings (SSSR count). The second-order valence-electron chi connectivity index (χ2n) is 6.79. The van der Waals surface area contributed by atoms with Crippen molar-refractivity contribution in [3.05, 3.63) is 58.9 Å². The average molecular weight is 450 g/mol. The lowest BCUT2D eigenvalue weighted by Crippen LogP contribution is -2.35. The van der Waals surface area contributed by atoms with E-state index >= 15 is 0 Å². The zero-order chi connectivity index (χ0) is 23.2. The Bertz CT molecular complexity index is 1120. The van der Waals surface area contributed by atoms with Gasteiger partial charge in [0.15, 0.2) is 0 Å². The van der Waals surface area contributed by atoms with E-state index in [0.29, 0.717) is 11.3 Å². The van der Waals surface area contributed by atoms with Gasteiger partial charge in [-0.05, 0) is 42.8 Å². The van der Waals surface area contributed by atoms with Gasteiger partial charge in [0, 0.05) is 31.3 Å². The first kappa shape index (κ1) is 23.8. The maximum absolute atomic E-state index is 13.6. The molecule has 0 saturated carbocycles. The van der Waals surface area contributed by atoms with Gasteiger partial charge in [-0.2, -0.15) is 0 Å². The maximum Gasteiger partial charge on any atom is 0.253 e. The van der Waals surface area contributed by atoms with Crippen LogP contribution in [0.5, 0.6) is 0 Å². The molecule has 3 amide bonds. The van der Waals surface area contributed by atoms with Crippen molar-refractivity contribution in [3.63, 3.8) is 0 Å². The molecule has 0 aliphatic carbocycles. The Morgan fingerprint density at radius 3 is 2.19 bits per heavy atom. The van der Waals surface area contributed by atoms with E-state index in [9.17, 15) is 27.2 Å². The molecule has 9 nitrogen and oxygen atoms in total. The normalized spacial score (nSPS) is 10.8. The summed E-state index contributed by atoms with van der Waals surface area (Å²) in [7, 11) is -3.65. The molecule has 0 fully saturated rings. The largest absolute Gasteiger partial charge is 0.350 e. The highest BCUT2D eigenvalue weighted by atomic mass is 32.2. The fraction of sp³-hybridized carbons (Fsp3) is 0.250. The van der Waals surface area contributed by atoms with E-state index in [1.54, 1.807) is 6.92 Å². The van der Waals surface area contributed by atoms with Crippen LogP contribution in [-0.2, 0) is 14.8 Å². The first-order valence-corrected chi connectivity index (χ1v) is 11.1. The van der Waals surface area contributed by atoms with E-state index in [4.69, 9.17) is 0 Å². The molecule has 4 N–H and O–H groups in total. The molecule has 0 spiro atoms. The van der Waals surface area contributed by atoms with Crippen molar-refractivity contribution in [2.75, 3.05) is 29.4 Å². The van der Waals surface area contributed by atoms with Crippen molar-refractivity contribution in [1.29, 1.82) is 0 Å². The summed E-state index contributed by atoms with van der Waals surface area (Å²) in [6, 6.07) is 8.24. The monoisotopic (exact) mass is 450 g/mol. The maximum atomic E-state index is 13.6. The van der Waals surface area contributed by atoms with Gasteiger partial charge in [0.2, 0.25) is 15.9 Å². The van der Waals surface area contributed by atoms with Crippen molar-refractivity contribution in [3.8, 4) is 0 Å². The molecule has 0 aliphatic rings. The fourth-order valence-corrected chi connectivity index (χ4v) is 3.16. The Labute approximate surface area is 179 Å². The lowest BCUT2D eigenvalue weighted by atomic mass is 10.1. The van der Waals surface area contributed by atoms with Gasteiger partial charge in [-0.25, -0.2) is 12.8 Å². The van der Waals surface area contributed by atoms with Gasteiger partial charge in [0.1, 0.15) is 5.82 Å². The van der Waals surface area contributed by atoms with Crippen LogP contribution in [0.25, 0.3) is 0 Å². The van der Waals surface area contributed by atoms with Gasteiger partial charge >= 0.3 is 0 Å². The van der Waals surface area contributed by atoms with Gasteiger partial charge in [0.25, 0.3) is 11.8 Å². The third-order valence-corrected chi connectivity index (χ3v) is 4.60. The molecule has 0 heterocycles. The van der Waals surface area contributed by atoms with Crippen molar-refractivity contribution in [2.45, 2.75) is 13.8 Å². The molecular formula is C20H23FN4O5S. The van der Waals surface area contributed by atoms with E-state index < -0.39 is 27.7 Å². The molecule has 0 radical (unpaired) electrons. The quantitative estimate of drug-likeness (QED) is 0.454. The standard InChI is InChI=1S/C20H23FN4O5S/c1-12-4-5-14(10-17(12)21)19(27)22-8-9-23-20(28)16-11-15(24-13(2)26)6-7-18(16)25-31(3,29)30/h4-7,10-11,25H,8-9H2,1-3H3,(H,22,27)(H,23,28)(H,24,26). The number of aryl methyl sites for hydroxylation is 1. The Hall–Kier alpha value is -3.47. The number of carbonyl (C=O) groups is 3. The predicted molar refractivity (Wildman–Crippen MR) is 115 cm³/mol. The minimum absolute atomic E-state index is 0.0105. The molecule has 2 aromatic rings. The van der Waals surface area contributed by atoms with Crippen LogP contribution < -0.4 is 20.7 Å². The predicted octanol–water partition coefficient (Wildman–Crippen LogP) is 1.62. The zero-order valence-electron chi connectivity index (χ0n) is 17.2. The number of sulfonamides is 1. The first-order chi connectivity index (χ1) is 14.5. The molecule has 2 aromatic carbocycles. The summed E-state index contributed by atoms with van der Waals surface area (Å²) in [4.78, 5) is 35.9. The minimum Gasteiger partial charge on any atom is -0.350 e. The number of hydrogen-bond acceptors (Lipinski definition) is 5. The van der Waals surface area contributed by atoms with Crippen LogP contribution in [0.2, 0.25) is 0 Å². The highest BCUT2D eigenvalue weighted by Gasteiger charge is 2.16. The van der Waals surface area contributed by atoms with E-state index in [1.165, 1.54) is 37.3 Å². The van der Waals surface area contributed by atoms with Crippen LogP contribution in [0.3, 0.4) is 0 Å². The second-order valence-corrected chi connectivity index (χ2v) is 8.54. The van der Waals surface area contributed by atoms with Crippen LogP contribution >= 0.6 is 0 Å². The smallest absolute Gasteiger partial charge is 0.253 e. The van der Waals surface area contributed by atoms with Gasteiger partial charge in [0.05, 0.1) is 17.5 Å².